The second kappa shape index (κ2) is 5.01. The summed E-state index contributed by atoms with van der Waals surface area (Å²) in [6, 6.07) is 7.49. The van der Waals surface area contributed by atoms with Crippen molar-refractivity contribution in [1.29, 1.82) is 0 Å². The van der Waals surface area contributed by atoms with Crippen molar-refractivity contribution in [3.63, 3.8) is 0 Å². The molecule has 2 aromatic heterocycles. The molecule has 0 aromatic carbocycles. The Morgan fingerprint density at radius 2 is 2.29 bits per heavy atom. The molecule has 2 heterocycles. The van der Waals surface area contributed by atoms with Crippen molar-refractivity contribution in [2.75, 3.05) is 11.9 Å². The number of aliphatic hydroxyl groups excluding tert-OH is 1. The number of hydrogen-bond donors (Lipinski definition) is 1. The summed E-state index contributed by atoms with van der Waals surface area (Å²) < 4.78 is 5.28. The molecule has 0 fully saturated rings. The maximum absolute atomic E-state index is 9.52. The molecule has 90 valence electrons. The largest absolute Gasteiger partial charge is 0.467 e. The van der Waals surface area contributed by atoms with Crippen LogP contribution in [0, 0.1) is 0 Å². The van der Waals surface area contributed by atoms with Gasteiger partial charge in [-0.05, 0) is 36.8 Å². The quantitative estimate of drug-likeness (QED) is 0.879. The molecule has 0 radical (unpaired) electrons. The van der Waals surface area contributed by atoms with Gasteiger partial charge in [-0.2, -0.15) is 0 Å². The lowest BCUT2D eigenvalue weighted by atomic mass is 10.2. The highest BCUT2D eigenvalue weighted by Crippen LogP contribution is 2.18. The molecule has 4 nitrogen and oxygen atoms in total. The van der Waals surface area contributed by atoms with E-state index in [0.29, 0.717) is 6.54 Å². The summed E-state index contributed by atoms with van der Waals surface area (Å²) in [5.74, 6) is 1.71. The van der Waals surface area contributed by atoms with Crippen molar-refractivity contribution in [2.24, 2.45) is 0 Å². The van der Waals surface area contributed by atoms with Gasteiger partial charge in [-0.25, -0.2) is 4.98 Å². The van der Waals surface area contributed by atoms with E-state index < -0.39 is 6.10 Å². The number of aromatic nitrogens is 1. The molecule has 2 aromatic rings. The van der Waals surface area contributed by atoms with E-state index in [9.17, 15) is 5.11 Å². The SMILES string of the molecule is C[C@@H](O)c1ccnc(N(C)Cc2ccco2)c1. The van der Waals surface area contributed by atoms with E-state index in [4.69, 9.17) is 4.42 Å². The van der Waals surface area contributed by atoms with Gasteiger partial charge in [-0.15, -0.1) is 0 Å². The molecule has 17 heavy (non-hydrogen) atoms. The van der Waals surface area contributed by atoms with Gasteiger partial charge in [0.15, 0.2) is 0 Å². The lowest BCUT2D eigenvalue weighted by molar-refractivity contribution is 0.199. The van der Waals surface area contributed by atoms with Crippen LogP contribution in [0.5, 0.6) is 0 Å². The van der Waals surface area contributed by atoms with Crippen LogP contribution in [0.2, 0.25) is 0 Å². The fraction of sp³-hybridized carbons (Fsp3) is 0.308. The second-order valence-electron chi connectivity index (χ2n) is 4.06. The molecule has 0 bridgehead atoms. The third kappa shape index (κ3) is 2.85. The highest BCUT2D eigenvalue weighted by atomic mass is 16.3. The van der Waals surface area contributed by atoms with Crippen LogP contribution in [0.15, 0.2) is 41.1 Å². The molecule has 0 aliphatic rings. The molecule has 0 spiro atoms. The Morgan fingerprint density at radius 1 is 1.47 bits per heavy atom. The average Bonchev–Trinajstić information content (AvgIpc) is 2.82. The van der Waals surface area contributed by atoms with Gasteiger partial charge in [0.25, 0.3) is 0 Å². The standard InChI is InChI=1S/C13H16N2O2/c1-10(16)11-5-6-14-13(8-11)15(2)9-12-4-3-7-17-12/h3-8,10,16H,9H2,1-2H3/t10-/m1/s1. The van der Waals surface area contributed by atoms with Crippen LogP contribution in [0.3, 0.4) is 0 Å². The zero-order valence-electron chi connectivity index (χ0n) is 10.00. The molecule has 1 N–H and O–H groups in total. The third-order valence-corrected chi connectivity index (χ3v) is 2.62. The monoisotopic (exact) mass is 232 g/mol. The Balaban J connectivity index is 2.13. The van der Waals surface area contributed by atoms with Crippen molar-refractivity contribution in [3.8, 4) is 0 Å². The summed E-state index contributed by atoms with van der Waals surface area (Å²) in [5, 5.41) is 9.52. The Labute approximate surface area is 101 Å². The predicted molar refractivity (Wildman–Crippen MR) is 65.7 cm³/mol. The number of aliphatic hydroxyl groups is 1. The zero-order chi connectivity index (χ0) is 12.3. The highest BCUT2D eigenvalue weighted by molar-refractivity contribution is 5.40. The van der Waals surface area contributed by atoms with Crippen LogP contribution in [-0.2, 0) is 6.54 Å². The smallest absolute Gasteiger partial charge is 0.128 e. The number of nitrogens with zero attached hydrogens (tertiary/aromatic N) is 2. The fourth-order valence-corrected chi connectivity index (χ4v) is 1.62. The van der Waals surface area contributed by atoms with Gasteiger partial charge in [0.1, 0.15) is 11.6 Å². The van der Waals surface area contributed by atoms with Gasteiger partial charge in [-0.1, -0.05) is 0 Å². The molecule has 0 aliphatic carbocycles. The number of hydrogen-bond acceptors (Lipinski definition) is 4. The number of furan rings is 1. The molecule has 0 aliphatic heterocycles. The minimum Gasteiger partial charge on any atom is -0.467 e. The first-order chi connectivity index (χ1) is 8.16. The Kier molecular flexibility index (Phi) is 3.44. The van der Waals surface area contributed by atoms with E-state index in [1.54, 1.807) is 19.4 Å². The molecule has 4 heteroatoms. The number of pyridine rings is 1. The first-order valence-corrected chi connectivity index (χ1v) is 5.54. The Bertz CT molecular complexity index is 466. The first-order valence-electron chi connectivity index (χ1n) is 5.54. The summed E-state index contributed by atoms with van der Waals surface area (Å²) in [5.41, 5.74) is 0.862. The van der Waals surface area contributed by atoms with Crippen molar-refractivity contribution in [2.45, 2.75) is 19.6 Å². The summed E-state index contributed by atoms with van der Waals surface area (Å²) in [6.45, 7) is 2.40. The van der Waals surface area contributed by atoms with E-state index >= 15 is 0 Å². The van der Waals surface area contributed by atoms with Gasteiger partial charge < -0.3 is 14.4 Å². The molecule has 0 saturated carbocycles. The van der Waals surface area contributed by atoms with Crippen molar-refractivity contribution in [1.82, 2.24) is 4.98 Å². The van der Waals surface area contributed by atoms with Gasteiger partial charge in [0.2, 0.25) is 0 Å². The minimum atomic E-state index is -0.478. The summed E-state index contributed by atoms with van der Waals surface area (Å²) in [7, 11) is 1.94. The lowest BCUT2D eigenvalue weighted by Crippen LogP contribution is -2.17. The molecule has 0 amide bonds. The molecule has 0 unspecified atom stereocenters. The normalized spacial score (nSPS) is 12.4. The van der Waals surface area contributed by atoms with Gasteiger partial charge >= 0.3 is 0 Å². The minimum absolute atomic E-state index is 0.478. The maximum atomic E-state index is 9.52. The fourth-order valence-electron chi connectivity index (χ4n) is 1.62. The summed E-state index contributed by atoms with van der Waals surface area (Å²) in [6.07, 6.45) is 2.88. The van der Waals surface area contributed by atoms with Crippen molar-refractivity contribution < 1.29 is 9.52 Å². The summed E-state index contributed by atoms with van der Waals surface area (Å²) >= 11 is 0. The second-order valence-corrected chi connectivity index (χ2v) is 4.06. The highest BCUT2D eigenvalue weighted by Gasteiger charge is 2.08. The van der Waals surface area contributed by atoms with Gasteiger partial charge in [0.05, 0.1) is 18.9 Å². The van der Waals surface area contributed by atoms with Crippen LogP contribution < -0.4 is 4.90 Å². The van der Waals surface area contributed by atoms with Gasteiger partial charge in [-0.3, -0.25) is 0 Å². The van der Waals surface area contributed by atoms with Crippen LogP contribution in [-0.4, -0.2) is 17.1 Å². The zero-order valence-corrected chi connectivity index (χ0v) is 10.00. The molecular weight excluding hydrogens is 216 g/mol. The van der Waals surface area contributed by atoms with Crippen LogP contribution in [0.1, 0.15) is 24.4 Å². The predicted octanol–water partition coefficient (Wildman–Crippen LogP) is 2.36. The maximum Gasteiger partial charge on any atom is 0.128 e. The first kappa shape index (κ1) is 11.7. The van der Waals surface area contributed by atoms with E-state index in [1.807, 2.05) is 36.2 Å². The summed E-state index contributed by atoms with van der Waals surface area (Å²) in [4.78, 5) is 6.25. The lowest BCUT2D eigenvalue weighted by Gasteiger charge is -2.17. The van der Waals surface area contributed by atoms with Crippen molar-refractivity contribution in [3.05, 3.63) is 48.0 Å². The van der Waals surface area contributed by atoms with E-state index in [1.165, 1.54) is 0 Å². The Morgan fingerprint density at radius 3 is 2.94 bits per heavy atom. The van der Waals surface area contributed by atoms with Crippen LogP contribution in [0.4, 0.5) is 5.82 Å². The van der Waals surface area contributed by atoms with E-state index in [2.05, 4.69) is 4.98 Å². The van der Waals surface area contributed by atoms with Crippen LogP contribution in [0.25, 0.3) is 0 Å². The van der Waals surface area contributed by atoms with E-state index in [-0.39, 0.29) is 0 Å². The molecular formula is C13H16N2O2. The Hall–Kier alpha value is -1.81. The third-order valence-electron chi connectivity index (χ3n) is 2.62. The molecule has 1 atom stereocenters. The topological polar surface area (TPSA) is 49.5 Å². The van der Waals surface area contributed by atoms with Gasteiger partial charge in [0, 0.05) is 13.2 Å². The van der Waals surface area contributed by atoms with Crippen molar-refractivity contribution >= 4 is 5.82 Å². The number of rotatable bonds is 4. The van der Waals surface area contributed by atoms with E-state index in [0.717, 1.165) is 17.1 Å². The average molecular weight is 232 g/mol. The molecule has 0 saturated heterocycles. The van der Waals surface area contributed by atoms with Crippen LogP contribution >= 0.6 is 0 Å². The molecule has 2 rings (SSSR count). The number of anilines is 1.